The van der Waals surface area contributed by atoms with Gasteiger partial charge in [-0.05, 0) is 42.3 Å². The molecule has 0 aliphatic rings. The highest BCUT2D eigenvalue weighted by Gasteiger charge is 2.12. The molecule has 1 unspecified atom stereocenters. The third-order valence-corrected chi connectivity index (χ3v) is 3.78. The van der Waals surface area contributed by atoms with E-state index in [2.05, 4.69) is 5.32 Å². The van der Waals surface area contributed by atoms with Crippen LogP contribution in [0.25, 0.3) is 0 Å². The van der Waals surface area contributed by atoms with Crippen LogP contribution in [0.5, 0.6) is 0 Å². The highest BCUT2D eigenvalue weighted by molar-refractivity contribution is 6.35. The number of aryl methyl sites for hydroxylation is 1. The fraction of sp³-hybridized carbons (Fsp3) is 0.200. The molecular formula is C15H13Cl2F2NO. The largest absolute Gasteiger partial charge is 0.387 e. The predicted octanol–water partition coefficient (Wildman–Crippen LogP) is 4.73. The molecule has 2 aromatic rings. The van der Waals surface area contributed by atoms with E-state index in [1.165, 1.54) is 6.07 Å². The van der Waals surface area contributed by atoms with E-state index in [-0.39, 0.29) is 12.1 Å². The Bertz CT molecular complexity index is 664. The van der Waals surface area contributed by atoms with E-state index in [1.807, 2.05) is 6.92 Å². The average molecular weight is 332 g/mol. The number of nitrogens with one attached hydrogen (secondary N) is 1. The maximum atomic E-state index is 13.1. The van der Waals surface area contributed by atoms with Crippen LogP contribution in [-0.2, 0) is 0 Å². The summed E-state index contributed by atoms with van der Waals surface area (Å²) in [6, 6.07) is 6.62. The first-order valence-corrected chi connectivity index (χ1v) is 6.96. The molecule has 2 nitrogen and oxygen atoms in total. The van der Waals surface area contributed by atoms with Crippen LogP contribution >= 0.6 is 23.2 Å². The van der Waals surface area contributed by atoms with Crippen molar-refractivity contribution < 1.29 is 13.9 Å². The zero-order valence-corrected chi connectivity index (χ0v) is 12.6. The van der Waals surface area contributed by atoms with Crippen LogP contribution in [0.3, 0.4) is 0 Å². The van der Waals surface area contributed by atoms with Gasteiger partial charge >= 0.3 is 0 Å². The van der Waals surface area contributed by atoms with Crippen LogP contribution in [0.15, 0.2) is 30.3 Å². The minimum Gasteiger partial charge on any atom is -0.387 e. The molecule has 112 valence electrons. The molecule has 0 aromatic heterocycles. The van der Waals surface area contributed by atoms with E-state index in [4.69, 9.17) is 23.2 Å². The van der Waals surface area contributed by atoms with Crippen molar-refractivity contribution in [2.24, 2.45) is 0 Å². The van der Waals surface area contributed by atoms with Gasteiger partial charge in [0.25, 0.3) is 0 Å². The van der Waals surface area contributed by atoms with E-state index in [9.17, 15) is 13.9 Å². The normalized spacial score (nSPS) is 12.3. The lowest BCUT2D eigenvalue weighted by molar-refractivity contribution is 0.191. The van der Waals surface area contributed by atoms with Gasteiger partial charge in [0.15, 0.2) is 11.6 Å². The Kier molecular flexibility index (Phi) is 5.04. The van der Waals surface area contributed by atoms with Gasteiger partial charge < -0.3 is 10.4 Å². The second-order valence-electron chi connectivity index (χ2n) is 4.65. The Balaban J connectivity index is 2.08. The van der Waals surface area contributed by atoms with Gasteiger partial charge in [0.2, 0.25) is 0 Å². The van der Waals surface area contributed by atoms with Crippen LogP contribution in [0.2, 0.25) is 10.0 Å². The number of rotatable bonds is 4. The van der Waals surface area contributed by atoms with Gasteiger partial charge in [-0.15, -0.1) is 0 Å². The first-order valence-electron chi connectivity index (χ1n) is 6.21. The number of halogens is 4. The van der Waals surface area contributed by atoms with Crippen molar-refractivity contribution in [2.45, 2.75) is 13.0 Å². The topological polar surface area (TPSA) is 32.3 Å². The van der Waals surface area contributed by atoms with Crippen LogP contribution in [0.4, 0.5) is 14.5 Å². The van der Waals surface area contributed by atoms with Crippen molar-refractivity contribution in [3.63, 3.8) is 0 Å². The second-order valence-corrected chi connectivity index (χ2v) is 5.47. The van der Waals surface area contributed by atoms with Crippen molar-refractivity contribution in [1.82, 2.24) is 0 Å². The monoisotopic (exact) mass is 331 g/mol. The van der Waals surface area contributed by atoms with Gasteiger partial charge in [0.1, 0.15) is 0 Å². The Labute approximate surface area is 131 Å². The Morgan fingerprint density at radius 3 is 2.48 bits per heavy atom. The molecule has 0 aliphatic heterocycles. The summed E-state index contributed by atoms with van der Waals surface area (Å²) in [7, 11) is 0. The molecule has 0 saturated heterocycles. The van der Waals surface area contributed by atoms with E-state index >= 15 is 0 Å². The van der Waals surface area contributed by atoms with Gasteiger partial charge in [-0.2, -0.15) is 0 Å². The minimum atomic E-state index is -1.00. The summed E-state index contributed by atoms with van der Waals surface area (Å²) >= 11 is 12.1. The fourth-order valence-electron chi connectivity index (χ4n) is 1.83. The molecule has 21 heavy (non-hydrogen) atoms. The smallest absolute Gasteiger partial charge is 0.159 e. The maximum Gasteiger partial charge on any atom is 0.159 e. The molecule has 0 saturated carbocycles. The first kappa shape index (κ1) is 16.0. The number of hydrogen-bond acceptors (Lipinski definition) is 2. The van der Waals surface area contributed by atoms with E-state index in [0.717, 1.165) is 17.7 Å². The van der Waals surface area contributed by atoms with Crippen LogP contribution in [-0.4, -0.2) is 11.7 Å². The van der Waals surface area contributed by atoms with Gasteiger partial charge in [-0.1, -0.05) is 29.3 Å². The van der Waals surface area contributed by atoms with Gasteiger partial charge in [-0.25, -0.2) is 8.78 Å². The molecule has 0 heterocycles. The summed E-state index contributed by atoms with van der Waals surface area (Å²) < 4.78 is 26.0. The molecule has 2 aromatic carbocycles. The van der Waals surface area contributed by atoms with Crippen molar-refractivity contribution in [3.05, 3.63) is 63.1 Å². The fourth-order valence-corrected chi connectivity index (χ4v) is 2.27. The molecule has 2 rings (SSSR count). The zero-order valence-electron chi connectivity index (χ0n) is 11.1. The molecule has 0 radical (unpaired) electrons. The number of anilines is 1. The summed E-state index contributed by atoms with van der Waals surface area (Å²) in [5.74, 6) is -1.95. The lowest BCUT2D eigenvalue weighted by atomic mass is 10.1. The van der Waals surface area contributed by atoms with Gasteiger partial charge in [-0.3, -0.25) is 0 Å². The lowest BCUT2D eigenvalue weighted by Crippen LogP contribution is -2.13. The quantitative estimate of drug-likeness (QED) is 0.849. The van der Waals surface area contributed by atoms with E-state index in [1.54, 1.807) is 12.1 Å². The zero-order chi connectivity index (χ0) is 15.6. The van der Waals surface area contributed by atoms with Crippen molar-refractivity contribution in [3.8, 4) is 0 Å². The minimum absolute atomic E-state index is 0.0875. The SMILES string of the molecule is Cc1cc(Cl)c(NCC(O)c2ccc(F)c(F)c2)cc1Cl. The number of aliphatic hydroxyl groups excluding tert-OH is 1. The summed E-state index contributed by atoms with van der Waals surface area (Å²) in [4.78, 5) is 0. The average Bonchev–Trinajstić information content (AvgIpc) is 2.44. The van der Waals surface area contributed by atoms with Crippen molar-refractivity contribution in [2.75, 3.05) is 11.9 Å². The van der Waals surface area contributed by atoms with Gasteiger partial charge in [0.05, 0.1) is 16.8 Å². The summed E-state index contributed by atoms with van der Waals surface area (Å²) in [5, 5.41) is 13.9. The molecule has 1 atom stereocenters. The highest BCUT2D eigenvalue weighted by atomic mass is 35.5. The first-order chi connectivity index (χ1) is 9.88. The second kappa shape index (κ2) is 6.60. The molecule has 0 bridgehead atoms. The molecule has 0 amide bonds. The third kappa shape index (κ3) is 3.84. The summed E-state index contributed by atoms with van der Waals surface area (Å²) in [6.45, 7) is 1.91. The van der Waals surface area contributed by atoms with E-state index < -0.39 is 17.7 Å². The van der Waals surface area contributed by atoms with Crippen molar-refractivity contribution >= 4 is 28.9 Å². The van der Waals surface area contributed by atoms with Gasteiger partial charge in [0, 0.05) is 11.6 Å². The van der Waals surface area contributed by atoms with Crippen LogP contribution in [0, 0.1) is 18.6 Å². The molecule has 0 fully saturated rings. The molecule has 0 aliphatic carbocycles. The molecule has 2 N–H and O–H groups in total. The van der Waals surface area contributed by atoms with Crippen LogP contribution in [0.1, 0.15) is 17.2 Å². The van der Waals surface area contributed by atoms with Crippen LogP contribution < -0.4 is 5.32 Å². The predicted molar refractivity (Wildman–Crippen MR) is 81.0 cm³/mol. The third-order valence-electron chi connectivity index (χ3n) is 3.06. The maximum absolute atomic E-state index is 13.1. The molecular weight excluding hydrogens is 319 g/mol. The molecule has 0 spiro atoms. The number of benzene rings is 2. The van der Waals surface area contributed by atoms with Crippen molar-refractivity contribution in [1.29, 1.82) is 0 Å². The standard InChI is InChI=1S/C15H13Cl2F2NO/c1-8-4-11(17)14(6-10(8)16)20-7-15(21)9-2-3-12(18)13(19)5-9/h2-6,15,20-21H,7H2,1H3. The summed E-state index contributed by atoms with van der Waals surface area (Å²) in [5.41, 5.74) is 1.68. The Morgan fingerprint density at radius 1 is 1.10 bits per heavy atom. The highest BCUT2D eigenvalue weighted by Crippen LogP contribution is 2.29. The lowest BCUT2D eigenvalue weighted by Gasteiger charge is -2.15. The Morgan fingerprint density at radius 2 is 1.81 bits per heavy atom. The number of hydrogen-bond donors (Lipinski definition) is 2. The molecule has 6 heteroatoms. The summed E-state index contributed by atoms with van der Waals surface area (Å²) in [6.07, 6.45) is -1.00. The Hall–Kier alpha value is -1.36. The number of aliphatic hydroxyl groups is 1. The van der Waals surface area contributed by atoms with E-state index in [0.29, 0.717) is 15.7 Å².